The van der Waals surface area contributed by atoms with Crippen molar-refractivity contribution in [3.05, 3.63) is 40.9 Å². The number of hydrogen-bond acceptors (Lipinski definition) is 5. The fourth-order valence-corrected chi connectivity index (χ4v) is 2.31. The Hall–Kier alpha value is -2.54. The number of ketones is 2. The first-order valence-electron chi connectivity index (χ1n) is 6.11. The SMILES string of the molecule is CC(=O)c1cccc(NC(=O)Nc2nc(C(C)=O)cs2)c1. The van der Waals surface area contributed by atoms with E-state index in [1.54, 1.807) is 29.6 Å². The van der Waals surface area contributed by atoms with Crippen LogP contribution in [0.2, 0.25) is 0 Å². The van der Waals surface area contributed by atoms with Gasteiger partial charge in [-0.05, 0) is 19.1 Å². The van der Waals surface area contributed by atoms with Crippen LogP contribution in [0, 0.1) is 0 Å². The summed E-state index contributed by atoms with van der Waals surface area (Å²) in [5, 5.41) is 7.05. The molecule has 0 radical (unpaired) electrons. The molecule has 0 saturated heterocycles. The van der Waals surface area contributed by atoms with Crippen molar-refractivity contribution in [3.63, 3.8) is 0 Å². The Kier molecular flexibility index (Phi) is 4.44. The van der Waals surface area contributed by atoms with Crippen LogP contribution < -0.4 is 10.6 Å². The number of hydrogen-bond donors (Lipinski definition) is 2. The van der Waals surface area contributed by atoms with E-state index < -0.39 is 6.03 Å². The van der Waals surface area contributed by atoms with Crippen LogP contribution in [0.3, 0.4) is 0 Å². The maximum absolute atomic E-state index is 11.8. The number of urea groups is 1. The molecule has 1 aromatic heterocycles. The van der Waals surface area contributed by atoms with E-state index in [2.05, 4.69) is 15.6 Å². The molecule has 1 aromatic carbocycles. The molecule has 0 fully saturated rings. The second kappa shape index (κ2) is 6.27. The topological polar surface area (TPSA) is 88.2 Å². The van der Waals surface area contributed by atoms with Crippen LogP contribution >= 0.6 is 11.3 Å². The van der Waals surface area contributed by atoms with Gasteiger partial charge in [-0.1, -0.05) is 12.1 Å². The molecule has 0 unspecified atom stereocenters. The van der Waals surface area contributed by atoms with Gasteiger partial charge in [-0.15, -0.1) is 11.3 Å². The van der Waals surface area contributed by atoms with Gasteiger partial charge in [0, 0.05) is 23.6 Å². The molecule has 2 aromatic rings. The quantitative estimate of drug-likeness (QED) is 0.849. The largest absolute Gasteiger partial charge is 0.325 e. The van der Waals surface area contributed by atoms with Gasteiger partial charge in [-0.2, -0.15) is 0 Å². The van der Waals surface area contributed by atoms with Gasteiger partial charge in [-0.3, -0.25) is 14.9 Å². The van der Waals surface area contributed by atoms with Crippen LogP contribution in [0.1, 0.15) is 34.7 Å². The van der Waals surface area contributed by atoms with E-state index in [1.807, 2.05) is 0 Å². The lowest BCUT2D eigenvalue weighted by atomic mass is 10.1. The highest BCUT2D eigenvalue weighted by Gasteiger charge is 2.09. The summed E-state index contributed by atoms with van der Waals surface area (Å²) >= 11 is 1.17. The Morgan fingerprint density at radius 1 is 1.10 bits per heavy atom. The van der Waals surface area contributed by atoms with Crippen LogP contribution in [0.25, 0.3) is 0 Å². The summed E-state index contributed by atoms with van der Waals surface area (Å²) in [4.78, 5) is 38.2. The molecular formula is C14H13N3O3S. The smallest absolute Gasteiger partial charge is 0.308 e. The molecule has 1 heterocycles. The molecule has 7 heteroatoms. The first kappa shape index (κ1) is 14.9. The average Bonchev–Trinajstić information content (AvgIpc) is 2.87. The van der Waals surface area contributed by atoms with Gasteiger partial charge in [0.2, 0.25) is 0 Å². The minimum atomic E-state index is -0.486. The van der Waals surface area contributed by atoms with E-state index in [0.717, 1.165) is 0 Å². The van der Waals surface area contributed by atoms with Crippen molar-refractivity contribution in [1.29, 1.82) is 0 Å². The molecular weight excluding hydrogens is 290 g/mol. The number of benzene rings is 1. The van der Waals surface area contributed by atoms with Crippen molar-refractivity contribution in [1.82, 2.24) is 4.98 Å². The molecule has 0 saturated carbocycles. The number of amides is 2. The van der Waals surface area contributed by atoms with Crippen molar-refractivity contribution in [2.75, 3.05) is 10.6 Å². The lowest BCUT2D eigenvalue weighted by Gasteiger charge is -2.06. The van der Waals surface area contributed by atoms with E-state index in [9.17, 15) is 14.4 Å². The second-order valence-corrected chi connectivity index (χ2v) is 5.17. The first-order valence-corrected chi connectivity index (χ1v) is 6.99. The van der Waals surface area contributed by atoms with Gasteiger partial charge < -0.3 is 5.32 Å². The van der Waals surface area contributed by atoms with E-state index in [1.165, 1.54) is 25.2 Å². The van der Waals surface area contributed by atoms with Crippen molar-refractivity contribution in [2.24, 2.45) is 0 Å². The molecule has 108 valence electrons. The van der Waals surface area contributed by atoms with Gasteiger partial charge in [0.15, 0.2) is 16.7 Å². The van der Waals surface area contributed by atoms with Gasteiger partial charge in [0.05, 0.1) is 0 Å². The predicted molar refractivity (Wildman–Crippen MR) is 81.2 cm³/mol. The Morgan fingerprint density at radius 3 is 2.48 bits per heavy atom. The summed E-state index contributed by atoms with van der Waals surface area (Å²) in [5.74, 6) is -0.237. The maximum atomic E-state index is 11.8. The number of rotatable bonds is 4. The number of nitrogens with zero attached hydrogens (tertiary/aromatic N) is 1. The third kappa shape index (κ3) is 3.96. The normalized spacial score (nSPS) is 10.0. The van der Waals surface area contributed by atoms with Crippen molar-refractivity contribution in [3.8, 4) is 0 Å². The highest BCUT2D eigenvalue weighted by Crippen LogP contribution is 2.17. The number of nitrogens with one attached hydrogen (secondary N) is 2. The summed E-state index contributed by atoms with van der Waals surface area (Å²) in [6, 6.07) is 6.13. The minimum Gasteiger partial charge on any atom is -0.308 e. The van der Waals surface area contributed by atoms with Crippen molar-refractivity contribution in [2.45, 2.75) is 13.8 Å². The van der Waals surface area contributed by atoms with Crippen LogP contribution in [-0.2, 0) is 0 Å². The molecule has 0 aliphatic heterocycles. The summed E-state index contributed by atoms with van der Waals surface area (Å²) in [6.45, 7) is 2.87. The van der Waals surface area contributed by atoms with Gasteiger partial charge >= 0.3 is 6.03 Å². The lowest BCUT2D eigenvalue weighted by molar-refractivity contribution is 0.100. The standard InChI is InChI=1S/C14H13N3O3S/c1-8(18)10-4-3-5-11(6-10)15-13(20)17-14-16-12(7-21-14)9(2)19/h3-7H,1-2H3,(H2,15,16,17,20). The molecule has 2 rings (SSSR count). The molecule has 2 amide bonds. The Bertz CT molecular complexity index is 709. The van der Waals surface area contributed by atoms with Gasteiger partial charge in [0.25, 0.3) is 0 Å². The molecule has 21 heavy (non-hydrogen) atoms. The fourth-order valence-electron chi connectivity index (χ4n) is 1.57. The average molecular weight is 303 g/mol. The van der Waals surface area contributed by atoms with Crippen molar-refractivity contribution >= 4 is 39.8 Å². The molecule has 0 aliphatic rings. The maximum Gasteiger partial charge on any atom is 0.325 e. The highest BCUT2D eigenvalue weighted by atomic mass is 32.1. The Labute approximate surface area is 125 Å². The molecule has 0 atom stereocenters. The van der Waals surface area contributed by atoms with Crippen molar-refractivity contribution < 1.29 is 14.4 Å². The predicted octanol–water partition coefficient (Wildman–Crippen LogP) is 3.19. The fraction of sp³-hybridized carbons (Fsp3) is 0.143. The number of anilines is 2. The number of Topliss-reactive ketones (excluding diaryl/α,β-unsaturated/α-hetero) is 2. The van der Waals surface area contributed by atoms with Crippen LogP contribution in [0.15, 0.2) is 29.6 Å². The molecule has 0 spiro atoms. The molecule has 0 bridgehead atoms. The number of aromatic nitrogens is 1. The lowest BCUT2D eigenvalue weighted by Crippen LogP contribution is -2.19. The summed E-state index contributed by atoms with van der Waals surface area (Å²) in [7, 11) is 0. The summed E-state index contributed by atoms with van der Waals surface area (Å²) < 4.78 is 0. The van der Waals surface area contributed by atoms with Gasteiger partial charge in [-0.25, -0.2) is 9.78 Å². The Morgan fingerprint density at radius 2 is 1.86 bits per heavy atom. The Balaban J connectivity index is 2.02. The zero-order valence-corrected chi connectivity index (χ0v) is 12.3. The van der Waals surface area contributed by atoms with Crippen LogP contribution in [-0.4, -0.2) is 22.6 Å². The molecule has 6 nitrogen and oxygen atoms in total. The third-order valence-electron chi connectivity index (χ3n) is 2.61. The van der Waals surface area contributed by atoms with E-state index >= 15 is 0 Å². The molecule has 0 aliphatic carbocycles. The monoisotopic (exact) mass is 303 g/mol. The third-order valence-corrected chi connectivity index (χ3v) is 3.37. The van der Waals surface area contributed by atoms with E-state index in [0.29, 0.717) is 22.1 Å². The molecule has 2 N–H and O–H groups in total. The van der Waals surface area contributed by atoms with Crippen LogP contribution in [0.4, 0.5) is 15.6 Å². The highest BCUT2D eigenvalue weighted by molar-refractivity contribution is 7.14. The zero-order valence-electron chi connectivity index (χ0n) is 11.5. The van der Waals surface area contributed by atoms with Gasteiger partial charge in [0.1, 0.15) is 5.69 Å². The number of carbonyl (C=O) groups is 3. The zero-order chi connectivity index (χ0) is 15.4. The second-order valence-electron chi connectivity index (χ2n) is 4.31. The van der Waals surface area contributed by atoms with E-state index in [-0.39, 0.29) is 11.6 Å². The summed E-state index contributed by atoms with van der Waals surface area (Å²) in [6.07, 6.45) is 0. The minimum absolute atomic E-state index is 0.0786. The van der Waals surface area contributed by atoms with E-state index in [4.69, 9.17) is 0 Å². The first-order chi connectivity index (χ1) is 9.95. The van der Waals surface area contributed by atoms with Crippen LogP contribution in [0.5, 0.6) is 0 Å². The summed E-state index contributed by atoms with van der Waals surface area (Å²) in [5.41, 5.74) is 1.33. The number of thiazole rings is 1. The number of carbonyl (C=O) groups excluding carboxylic acids is 3.